The van der Waals surface area contributed by atoms with Crippen LogP contribution in [0, 0.1) is 0 Å². The summed E-state index contributed by atoms with van der Waals surface area (Å²) in [6, 6.07) is 0. The van der Waals surface area contributed by atoms with Gasteiger partial charge in [0.05, 0.1) is 0 Å². The van der Waals surface area contributed by atoms with Crippen LogP contribution in [0.4, 0.5) is 0 Å². The van der Waals surface area contributed by atoms with Crippen molar-refractivity contribution in [2.75, 3.05) is 14.1 Å². The zero-order valence-corrected chi connectivity index (χ0v) is 15.0. The van der Waals surface area contributed by atoms with E-state index in [0.29, 0.717) is 0 Å². The first-order valence-electron chi connectivity index (χ1n) is 3.03. The van der Waals surface area contributed by atoms with E-state index in [1.807, 2.05) is 6.92 Å². The number of allylic oxidation sites excluding steroid dienone is 1. The Morgan fingerprint density at radius 3 is 1.75 bits per heavy atom. The van der Waals surface area contributed by atoms with Crippen molar-refractivity contribution in [1.29, 1.82) is 0 Å². The van der Waals surface area contributed by atoms with Crippen LogP contribution in [0.15, 0.2) is 12.2 Å². The van der Waals surface area contributed by atoms with Crippen LogP contribution in [-0.2, 0) is 9.72 Å². The maximum atomic E-state index is 10.6. The van der Waals surface area contributed by atoms with E-state index < -0.39 is 0 Å². The zero-order chi connectivity index (χ0) is 10.1. The molecule has 0 unspecified atom stereocenters. The Morgan fingerprint density at radius 1 is 1.33 bits per heavy atom. The predicted molar refractivity (Wildman–Crippen MR) is 75.6 cm³/mol. The van der Waals surface area contributed by atoms with E-state index in [0.717, 1.165) is 0 Å². The van der Waals surface area contributed by atoms with Crippen molar-refractivity contribution in [3.8, 4) is 0 Å². The fourth-order valence-electron chi connectivity index (χ4n) is 0.292. The molecular weight excluding hydrogens is 534 g/mol. The van der Waals surface area contributed by atoms with Crippen molar-refractivity contribution in [1.82, 2.24) is 4.90 Å². The van der Waals surface area contributed by atoms with Crippen molar-refractivity contribution in [2.24, 2.45) is 0 Å². The molecule has 0 atom stereocenters. The second kappa shape index (κ2) is 11.1. The fourth-order valence-corrected chi connectivity index (χ4v) is 0.292. The third-order valence-corrected chi connectivity index (χ3v) is 0.750. The second-order valence-electron chi connectivity index (χ2n) is 1.92. The molecule has 6 heteroatoms. The van der Waals surface area contributed by atoms with Crippen LogP contribution in [0.1, 0.15) is 6.92 Å². The van der Waals surface area contributed by atoms with Gasteiger partial charge >= 0.3 is 64.9 Å². The van der Waals surface area contributed by atoms with Crippen molar-refractivity contribution in [2.45, 2.75) is 6.92 Å². The van der Waals surface area contributed by atoms with E-state index in [9.17, 15) is 4.79 Å². The summed E-state index contributed by atoms with van der Waals surface area (Å²) in [5, 5.41) is 0. The number of rotatable bonds is 1. The zero-order valence-electron chi connectivity index (χ0n) is 7.09. The fraction of sp³-hybridized carbons (Fsp3) is 0.500. The first-order valence-corrected chi connectivity index (χ1v) is 16.5. The summed E-state index contributed by atoms with van der Waals surface area (Å²) in [7, 11) is 3.45. The van der Waals surface area contributed by atoms with Crippen LogP contribution >= 0.6 is 59.9 Å². The van der Waals surface area contributed by atoms with E-state index >= 15 is 0 Å². The molecule has 0 aromatic rings. The molecule has 0 saturated carbocycles. The van der Waals surface area contributed by atoms with Gasteiger partial charge in [0.15, 0.2) is 0 Å². The Balaban J connectivity index is 0. The van der Waals surface area contributed by atoms with Gasteiger partial charge in [-0.2, -0.15) is 0 Å². The molecule has 0 radical (unpaired) electrons. The van der Waals surface area contributed by atoms with Crippen molar-refractivity contribution in [3.05, 3.63) is 12.2 Å². The van der Waals surface area contributed by atoms with Gasteiger partial charge < -0.3 is 4.90 Å². The average molecular weight is 545 g/mol. The molecule has 0 saturated heterocycles. The Morgan fingerprint density at radius 2 is 1.67 bits per heavy atom. The van der Waals surface area contributed by atoms with E-state index in [-0.39, 0.29) is 10.8 Å². The molecule has 0 aliphatic heterocycles. The molecular formula is C6H11I3NOV. The van der Waals surface area contributed by atoms with Gasteiger partial charge in [-0.05, 0) is 13.0 Å². The molecule has 0 aromatic heterocycles. The van der Waals surface area contributed by atoms with Crippen LogP contribution in [-0.4, -0.2) is 24.9 Å². The quantitative estimate of drug-likeness (QED) is 0.367. The predicted octanol–water partition coefficient (Wildman–Crippen LogP) is 3.31. The Bertz CT molecular complexity index is 147. The van der Waals surface area contributed by atoms with Crippen molar-refractivity contribution in [3.63, 3.8) is 0 Å². The molecule has 2 nitrogen and oxygen atoms in total. The van der Waals surface area contributed by atoms with Crippen molar-refractivity contribution >= 4 is 65.8 Å². The third kappa shape index (κ3) is 17.9. The molecule has 0 aliphatic rings. The number of hydrogen-bond donors (Lipinski definition) is 0. The summed E-state index contributed by atoms with van der Waals surface area (Å²) in [6.45, 7) is 1.82. The average Bonchev–Trinajstić information content (AvgIpc) is 1.86. The number of amides is 1. The molecule has 0 aliphatic carbocycles. The van der Waals surface area contributed by atoms with E-state index in [1.54, 1.807) is 20.2 Å². The van der Waals surface area contributed by atoms with E-state index in [4.69, 9.17) is 0 Å². The second-order valence-corrected chi connectivity index (χ2v) is 37.3. The number of hydrogen-bond acceptors (Lipinski definition) is 1. The summed E-state index contributed by atoms with van der Waals surface area (Å²) < 4.78 is 0. The Kier molecular flexibility index (Phi) is 15.1. The number of carbonyl (C=O) groups is 1. The van der Waals surface area contributed by atoms with Crippen molar-refractivity contribution < 1.29 is 9.72 Å². The van der Waals surface area contributed by atoms with Crippen LogP contribution in [0.25, 0.3) is 0 Å². The van der Waals surface area contributed by atoms with Gasteiger partial charge in [0, 0.05) is 14.1 Å². The van der Waals surface area contributed by atoms with Gasteiger partial charge in [-0.25, -0.2) is 0 Å². The molecule has 0 bridgehead atoms. The number of halogens is 3. The summed E-state index contributed by atoms with van der Waals surface area (Å²) in [5.74, 6) is 0.0347. The summed E-state index contributed by atoms with van der Waals surface area (Å²) in [4.78, 5) is 11.8. The van der Waals surface area contributed by atoms with Gasteiger partial charge in [-0.3, -0.25) is 4.79 Å². The topological polar surface area (TPSA) is 20.3 Å². The SMILES string of the molecule is C/C=C/C(=O)N(C)C.[I][V]([I])[I]. The molecule has 0 aromatic carbocycles. The van der Waals surface area contributed by atoms with Gasteiger partial charge in [-0.15, -0.1) is 0 Å². The summed E-state index contributed by atoms with van der Waals surface area (Å²) in [5.41, 5.74) is 0. The van der Waals surface area contributed by atoms with Crippen LogP contribution < -0.4 is 0 Å². The van der Waals surface area contributed by atoms with Gasteiger partial charge in [0.2, 0.25) is 5.91 Å². The van der Waals surface area contributed by atoms with Crippen LogP contribution in [0.2, 0.25) is 0 Å². The number of likely N-dealkylation sites (N-methyl/N-ethyl adjacent to an activating group) is 1. The monoisotopic (exact) mass is 545 g/mol. The molecule has 0 heterocycles. The molecule has 0 fully saturated rings. The first kappa shape index (κ1) is 16.4. The summed E-state index contributed by atoms with van der Waals surface area (Å²) in [6.07, 6.45) is 3.25. The Hall–Kier alpha value is 1.98. The molecule has 1 amide bonds. The first-order chi connectivity index (χ1) is 5.41. The minimum atomic E-state index is -0.278. The van der Waals surface area contributed by atoms with Gasteiger partial charge in [-0.1, -0.05) is 6.08 Å². The molecule has 0 N–H and O–H groups in total. The normalized spacial score (nSPS) is 9.58. The van der Waals surface area contributed by atoms with E-state index in [2.05, 4.69) is 59.9 Å². The van der Waals surface area contributed by atoms with Crippen LogP contribution in [0.3, 0.4) is 0 Å². The van der Waals surface area contributed by atoms with Gasteiger partial charge in [0.1, 0.15) is 0 Å². The molecule has 0 rings (SSSR count). The Labute approximate surface area is 112 Å². The van der Waals surface area contributed by atoms with Gasteiger partial charge in [0.25, 0.3) is 0 Å². The van der Waals surface area contributed by atoms with Crippen LogP contribution in [0.5, 0.6) is 0 Å². The standard InChI is InChI=1S/C6H11NO.3HI.V/c1-4-5-6(8)7(2)3;;;;/h4-5H,1-3H3;3*1H;/q;;;;+3/p-3/b5-4+;;;;. The molecule has 0 spiro atoms. The third-order valence-electron chi connectivity index (χ3n) is 0.750. The molecule has 12 heavy (non-hydrogen) atoms. The maximum absolute atomic E-state index is 10.6. The minimum absolute atomic E-state index is 0.0347. The molecule has 72 valence electrons. The van der Waals surface area contributed by atoms with E-state index in [1.165, 1.54) is 11.0 Å². The summed E-state index contributed by atoms with van der Waals surface area (Å²) >= 11 is 7.39. The number of nitrogens with zero attached hydrogens (tertiary/aromatic N) is 1. The number of carbonyl (C=O) groups excluding carboxylic acids is 1.